The number of fused-ring (bicyclic) bond motifs is 1. The van der Waals surface area contributed by atoms with Crippen molar-refractivity contribution >= 4 is 22.6 Å². The van der Waals surface area contributed by atoms with Gasteiger partial charge in [-0.3, -0.25) is 4.79 Å². The summed E-state index contributed by atoms with van der Waals surface area (Å²) in [6.07, 6.45) is 3.50. The first kappa shape index (κ1) is 15.2. The molecule has 1 unspecified atom stereocenters. The fourth-order valence-corrected chi connectivity index (χ4v) is 2.25. The SMILES string of the molecule is CCCC(C)C(=O)NCCNc1ncnc2ccccc12. The second-order valence-corrected chi connectivity index (χ2v) is 5.15. The van der Waals surface area contributed by atoms with Gasteiger partial charge in [-0.25, -0.2) is 9.97 Å². The molecular formula is C16H22N4O. The summed E-state index contributed by atoms with van der Waals surface area (Å²) in [7, 11) is 0. The standard InChI is InChI=1S/C16H22N4O/c1-3-6-12(2)16(21)18-10-9-17-15-13-7-4-5-8-14(13)19-11-20-15/h4-5,7-8,11-12H,3,6,9-10H2,1-2H3,(H,18,21)(H,17,19,20). The van der Waals surface area contributed by atoms with Gasteiger partial charge < -0.3 is 10.6 Å². The molecule has 0 radical (unpaired) electrons. The Hall–Kier alpha value is -2.17. The number of carbonyl (C=O) groups is 1. The highest BCUT2D eigenvalue weighted by molar-refractivity contribution is 5.88. The molecular weight excluding hydrogens is 264 g/mol. The fraction of sp³-hybridized carbons (Fsp3) is 0.438. The number of hydrogen-bond donors (Lipinski definition) is 2. The van der Waals surface area contributed by atoms with E-state index in [1.54, 1.807) is 6.33 Å². The first-order chi connectivity index (χ1) is 10.2. The first-order valence-corrected chi connectivity index (χ1v) is 7.43. The Labute approximate surface area is 125 Å². The molecule has 1 atom stereocenters. The molecule has 1 amide bonds. The van der Waals surface area contributed by atoms with Gasteiger partial charge in [0, 0.05) is 24.4 Å². The summed E-state index contributed by atoms with van der Waals surface area (Å²) in [5.74, 6) is 0.998. The number of nitrogens with one attached hydrogen (secondary N) is 2. The predicted molar refractivity (Wildman–Crippen MR) is 85.1 cm³/mol. The van der Waals surface area contributed by atoms with E-state index in [9.17, 15) is 4.79 Å². The van der Waals surface area contributed by atoms with Crippen LogP contribution in [0.1, 0.15) is 26.7 Å². The van der Waals surface area contributed by atoms with E-state index in [2.05, 4.69) is 27.5 Å². The Morgan fingerprint density at radius 2 is 2.05 bits per heavy atom. The van der Waals surface area contributed by atoms with E-state index in [0.29, 0.717) is 13.1 Å². The van der Waals surface area contributed by atoms with Gasteiger partial charge in [-0.15, -0.1) is 0 Å². The average Bonchev–Trinajstić information content (AvgIpc) is 2.51. The van der Waals surface area contributed by atoms with Crippen molar-refractivity contribution in [1.82, 2.24) is 15.3 Å². The van der Waals surface area contributed by atoms with Gasteiger partial charge in [0.1, 0.15) is 12.1 Å². The predicted octanol–water partition coefficient (Wildman–Crippen LogP) is 2.59. The van der Waals surface area contributed by atoms with E-state index < -0.39 is 0 Å². The molecule has 0 spiro atoms. The normalized spacial score (nSPS) is 12.1. The van der Waals surface area contributed by atoms with Gasteiger partial charge in [-0.1, -0.05) is 32.4 Å². The molecule has 0 saturated heterocycles. The van der Waals surface area contributed by atoms with E-state index in [1.165, 1.54) is 0 Å². The lowest BCUT2D eigenvalue weighted by atomic mass is 10.1. The Balaban J connectivity index is 1.84. The molecule has 0 aliphatic heterocycles. The Morgan fingerprint density at radius 3 is 2.86 bits per heavy atom. The highest BCUT2D eigenvalue weighted by Gasteiger charge is 2.10. The number of aromatic nitrogens is 2. The third kappa shape index (κ3) is 4.15. The number of anilines is 1. The maximum Gasteiger partial charge on any atom is 0.222 e. The number of benzene rings is 1. The number of hydrogen-bond acceptors (Lipinski definition) is 4. The minimum Gasteiger partial charge on any atom is -0.368 e. The summed E-state index contributed by atoms with van der Waals surface area (Å²) < 4.78 is 0. The first-order valence-electron chi connectivity index (χ1n) is 7.43. The molecule has 112 valence electrons. The summed E-state index contributed by atoms with van der Waals surface area (Å²) >= 11 is 0. The van der Waals surface area contributed by atoms with Crippen molar-refractivity contribution < 1.29 is 4.79 Å². The van der Waals surface area contributed by atoms with Crippen LogP contribution >= 0.6 is 0 Å². The number of rotatable bonds is 7. The monoisotopic (exact) mass is 286 g/mol. The second kappa shape index (κ2) is 7.57. The Kier molecular flexibility index (Phi) is 5.49. The van der Waals surface area contributed by atoms with Gasteiger partial charge in [0.05, 0.1) is 5.52 Å². The molecule has 1 heterocycles. The third-order valence-corrected chi connectivity index (χ3v) is 3.43. The number of carbonyl (C=O) groups excluding carboxylic acids is 1. The quantitative estimate of drug-likeness (QED) is 0.768. The summed E-state index contributed by atoms with van der Waals surface area (Å²) in [6, 6.07) is 7.86. The van der Waals surface area contributed by atoms with Crippen LogP contribution in [0.2, 0.25) is 0 Å². The van der Waals surface area contributed by atoms with Crippen LogP contribution in [0.3, 0.4) is 0 Å². The molecule has 0 aliphatic carbocycles. The Bertz CT molecular complexity index is 594. The molecule has 2 aromatic rings. The molecule has 2 rings (SSSR count). The minimum absolute atomic E-state index is 0.0786. The van der Waals surface area contributed by atoms with Gasteiger partial charge in [-0.2, -0.15) is 0 Å². The summed E-state index contributed by atoms with van der Waals surface area (Å²) in [6.45, 7) is 5.28. The van der Waals surface area contributed by atoms with E-state index in [-0.39, 0.29) is 11.8 Å². The highest BCUT2D eigenvalue weighted by Crippen LogP contribution is 2.17. The molecule has 5 heteroatoms. The van der Waals surface area contributed by atoms with Crippen molar-refractivity contribution in [3.05, 3.63) is 30.6 Å². The Morgan fingerprint density at radius 1 is 1.24 bits per heavy atom. The van der Waals surface area contributed by atoms with Crippen molar-refractivity contribution in [1.29, 1.82) is 0 Å². The van der Waals surface area contributed by atoms with Crippen LogP contribution in [0.15, 0.2) is 30.6 Å². The molecule has 5 nitrogen and oxygen atoms in total. The van der Waals surface area contributed by atoms with Crippen LogP contribution in [-0.4, -0.2) is 29.0 Å². The lowest BCUT2D eigenvalue weighted by molar-refractivity contribution is -0.124. The number of amides is 1. The largest absolute Gasteiger partial charge is 0.368 e. The van der Waals surface area contributed by atoms with E-state index in [0.717, 1.165) is 29.6 Å². The zero-order valence-electron chi connectivity index (χ0n) is 12.6. The zero-order chi connectivity index (χ0) is 15.1. The van der Waals surface area contributed by atoms with Crippen molar-refractivity contribution in [2.45, 2.75) is 26.7 Å². The van der Waals surface area contributed by atoms with Crippen molar-refractivity contribution in [2.24, 2.45) is 5.92 Å². The van der Waals surface area contributed by atoms with Crippen molar-refractivity contribution in [2.75, 3.05) is 18.4 Å². The molecule has 0 saturated carbocycles. The highest BCUT2D eigenvalue weighted by atomic mass is 16.1. The lowest BCUT2D eigenvalue weighted by Crippen LogP contribution is -2.33. The zero-order valence-corrected chi connectivity index (χ0v) is 12.6. The van der Waals surface area contributed by atoms with Gasteiger partial charge >= 0.3 is 0 Å². The van der Waals surface area contributed by atoms with E-state index in [1.807, 2.05) is 31.2 Å². The van der Waals surface area contributed by atoms with Crippen LogP contribution in [0.4, 0.5) is 5.82 Å². The smallest absolute Gasteiger partial charge is 0.222 e. The lowest BCUT2D eigenvalue weighted by Gasteiger charge is -2.12. The minimum atomic E-state index is 0.0786. The van der Waals surface area contributed by atoms with Crippen LogP contribution in [0.25, 0.3) is 10.9 Å². The van der Waals surface area contributed by atoms with Gasteiger partial charge in [0.25, 0.3) is 0 Å². The van der Waals surface area contributed by atoms with E-state index >= 15 is 0 Å². The van der Waals surface area contributed by atoms with Gasteiger partial charge in [-0.05, 0) is 18.6 Å². The molecule has 1 aromatic heterocycles. The summed E-state index contributed by atoms with van der Waals surface area (Å²) in [4.78, 5) is 20.3. The van der Waals surface area contributed by atoms with Crippen LogP contribution in [0.5, 0.6) is 0 Å². The molecule has 0 bridgehead atoms. The second-order valence-electron chi connectivity index (χ2n) is 5.15. The molecule has 1 aromatic carbocycles. The molecule has 0 fully saturated rings. The maximum atomic E-state index is 11.8. The molecule has 2 N–H and O–H groups in total. The van der Waals surface area contributed by atoms with Crippen LogP contribution in [-0.2, 0) is 4.79 Å². The molecule has 21 heavy (non-hydrogen) atoms. The third-order valence-electron chi connectivity index (χ3n) is 3.43. The summed E-state index contributed by atoms with van der Waals surface area (Å²) in [5, 5.41) is 7.18. The number of para-hydroxylation sites is 1. The van der Waals surface area contributed by atoms with E-state index in [4.69, 9.17) is 0 Å². The maximum absolute atomic E-state index is 11.8. The van der Waals surface area contributed by atoms with Crippen LogP contribution < -0.4 is 10.6 Å². The average molecular weight is 286 g/mol. The summed E-state index contributed by atoms with van der Waals surface area (Å²) in [5.41, 5.74) is 0.913. The van der Waals surface area contributed by atoms with Crippen LogP contribution in [0, 0.1) is 5.92 Å². The van der Waals surface area contributed by atoms with Gasteiger partial charge in [0.2, 0.25) is 5.91 Å². The number of nitrogens with zero attached hydrogens (tertiary/aromatic N) is 2. The van der Waals surface area contributed by atoms with Gasteiger partial charge in [0.15, 0.2) is 0 Å². The fourth-order valence-electron chi connectivity index (χ4n) is 2.25. The topological polar surface area (TPSA) is 66.9 Å². The molecule has 0 aliphatic rings. The van der Waals surface area contributed by atoms with Crippen molar-refractivity contribution in [3.63, 3.8) is 0 Å². The van der Waals surface area contributed by atoms with Crippen molar-refractivity contribution in [3.8, 4) is 0 Å².